The number of hydrogen-bond acceptors (Lipinski definition) is 1. The highest BCUT2D eigenvalue weighted by atomic mass is 16.6. The molecule has 0 unspecified atom stereocenters. The van der Waals surface area contributed by atoms with E-state index in [1.54, 1.807) is 0 Å². The van der Waals surface area contributed by atoms with E-state index in [0.717, 1.165) is 18.4 Å². The average Bonchev–Trinajstić information content (AvgIpc) is 2.40. The van der Waals surface area contributed by atoms with Gasteiger partial charge in [0.1, 0.15) is 0 Å². The summed E-state index contributed by atoms with van der Waals surface area (Å²) in [6.45, 7) is 1.09. The van der Waals surface area contributed by atoms with Crippen LogP contribution < -0.4 is 0 Å². The summed E-state index contributed by atoms with van der Waals surface area (Å²) in [5, 5.41) is 0. The molecule has 1 spiro atoms. The number of hydrogen-bond donors (Lipinski definition) is 0. The van der Waals surface area contributed by atoms with Gasteiger partial charge in [-0.15, -0.1) is 0 Å². The minimum atomic E-state index is 0.461. The Morgan fingerprint density at radius 3 is 2.56 bits per heavy atom. The maximum atomic E-state index is 5.49. The van der Waals surface area contributed by atoms with Gasteiger partial charge in [0.25, 0.3) is 0 Å². The predicted octanol–water partition coefficient (Wildman–Crippen LogP) is 1.58. The fraction of sp³-hybridized carbons (Fsp3) is 1.00. The lowest BCUT2D eigenvalue weighted by Gasteiger charge is -2.15. The lowest BCUT2D eigenvalue weighted by Crippen LogP contribution is -2.19. The molecule has 0 aromatic carbocycles. The molecule has 3 aliphatic rings. The van der Waals surface area contributed by atoms with Crippen molar-refractivity contribution in [3.05, 3.63) is 0 Å². The molecule has 3 fully saturated rings. The third kappa shape index (κ3) is 0.454. The normalized spacial score (nSPS) is 61.3. The van der Waals surface area contributed by atoms with Gasteiger partial charge in [-0.3, -0.25) is 0 Å². The van der Waals surface area contributed by atoms with Gasteiger partial charge in [-0.2, -0.15) is 0 Å². The molecule has 0 aromatic rings. The quantitative estimate of drug-likeness (QED) is 0.446. The van der Waals surface area contributed by atoms with E-state index in [4.69, 9.17) is 4.74 Å². The molecular weight excluding hydrogens is 112 g/mol. The van der Waals surface area contributed by atoms with Gasteiger partial charge in [0.15, 0.2) is 0 Å². The summed E-state index contributed by atoms with van der Waals surface area (Å²) in [5.74, 6) is 2.03. The fourth-order valence-corrected chi connectivity index (χ4v) is 2.84. The van der Waals surface area contributed by atoms with Crippen LogP contribution in [-0.4, -0.2) is 12.2 Å². The molecule has 1 saturated heterocycles. The molecule has 1 aliphatic heterocycles. The number of fused-ring (bicyclic) bond motifs is 3. The largest absolute Gasteiger partial charge is 0.369 e. The Morgan fingerprint density at radius 1 is 1.33 bits per heavy atom. The van der Waals surface area contributed by atoms with Gasteiger partial charge in [-0.05, 0) is 37.5 Å². The van der Waals surface area contributed by atoms with Gasteiger partial charge in [0.05, 0.1) is 12.2 Å². The summed E-state index contributed by atoms with van der Waals surface area (Å²) in [4.78, 5) is 0. The zero-order chi connectivity index (χ0) is 5.90. The second kappa shape index (κ2) is 1.20. The monoisotopic (exact) mass is 124 g/mol. The molecular formula is C8H12O. The van der Waals surface area contributed by atoms with Gasteiger partial charge >= 0.3 is 0 Å². The summed E-state index contributed by atoms with van der Waals surface area (Å²) in [5.41, 5.74) is 0.461. The van der Waals surface area contributed by atoms with Gasteiger partial charge in [-0.25, -0.2) is 0 Å². The first kappa shape index (κ1) is 4.73. The first-order valence-electron chi connectivity index (χ1n) is 4.03. The van der Waals surface area contributed by atoms with Crippen molar-refractivity contribution in [2.75, 3.05) is 6.61 Å². The molecule has 1 heteroatoms. The van der Waals surface area contributed by atoms with Crippen molar-refractivity contribution in [3.8, 4) is 0 Å². The van der Waals surface area contributed by atoms with Gasteiger partial charge in [0.2, 0.25) is 0 Å². The Bertz CT molecular complexity index is 149. The second-order valence-corrected chi connectivity index (χ2v) is 3.93. The van der Waals surface area contributed by atoms with Crippen molar-refractivity contribution >= 4 is 0 Å². The summed E-state index contributed by atoms with van der Waals surface area (Å²) in [7, 11) is 0. The van der Waals surface area contributed by atoms with Crippen LogP contribution in [0, 0.1) is 11.8 Å². The predicted molar refractivity (Wildman–Crippen MR) is 34.1 cm³/mol. The number of ether oxygens (including phenoxy) is 1. The Kier molecular flexibility index (Phi) is 0.628. The maximum absolute atomic E-state index is 5.49. The van der Waals surface area contributed by atoms with Crippen molar-refractivity contribution in [2.45, 2.75) is 31.3 Å². The van der Waals surface area contributed by atoms with E-state index >= 15 is 0 Å². The Hall–Kier alpha value is -0.0400. The van der Waals surface area contributed by atoms with Crippen LogP contribution in [-0.2, 0) is 4.74 Å². The van der Waals surface area contributed by atoms with Crippen LogP contribution in [0.2, 0.25) is 0 Å². The minimum absolute atomic E-state index is 0.461. The van der Waals surface area contributed by atoms with Crippen LogP contribution in [0.1, 0.15) is 25.7 Å². The molecule has 1 nitrogen and oxygen atoms in total. The van der Waals surface area contributed by atoms with E-state index < -0.39 is 0 Å². The average molecular weight is 124 g/mol. The topological polar surface area (TPSA) is 12.5 Å². The highest BCUT2D eigenvalue weighted by Crippen LogP contribution is 2.58. The standard InChI is InChI=1S/C8H12O/c1-2-7-3-6(1)4-8(7)5-9-8/h6-7H,1-5H2/t6-,7+,8-/m1/s1. The van der Waals surface area contributed by atoms with E-state index in [2.05, 4.69) is 0 Å². The molecule has 0 radical (unpaired) electrons. The van der Waals surface area contributed by atoms with Crippen LogP contribution in [0.15, 0.2) is 0 Å². The Labute approximate surface area is 55.4 Å². The molecule has 3 atom stereocenters. The van der Waals surface area contributed by atoms with Crippen molar-refractivity contribution in [1.82, 2.24) is 0 Å². The van der Waals surface area contributed by atoms with Crippen LogP contribution in [0.25, 0.3) is 0 Å². The fourth-order valence-electron chi connectivity index (χ4n) is 2.84. The first-order valence-corrected chi connectivity index (χ1v) is 4.03. The molecule has 2 aliphatic carbocycles. The van der Waals surface area contributed by atoms with Crippen molar-refractivity contribution < 1.29 is 4.74 Å². The number of epoxide rings is 1. The Morgan fingerprint density at radius 2 is 2.22 bits per heavy atom. The molecule has 50 valence electrons. The van der Waals surface area contributed by atoms with Gasteiger partial charge < -0.3 is 4.74 Å². The third-order valence-electron chi connectivity index (χ3n) is 3.43. The molecule has 1 heterocycles. The van der Waals surface area contributed by atoms with Crippen molar-refractivity contribution in [2.24, 2.45) is 11.8 Å². The summed E-state index contributed by atoms with van der Waals surface area (Å²) >= 11 is 0. The van der Waals surface area contributed by atoms with Gasteiger partial charge in [-0.1, -0.05) is 0 Å². The maximum Gasteiger partial charge on any atom is 0.0947 e. The van der Waals surface area contributed by atoms with Gasteiger partial charge in [0, 0.05) is 0 Å². The minimum Gasteiger partial charge on any atom is -0.369 e. The smallest absolute Gasteiger partial charge is 0.0947 e. The molecule has 0 amide bonds. The molecule has 3 rings (SSSR count). The van der Waals surface area contributed by atoms with Crippen molar-refractivity contribution in [1.29, 1.82) is 0 Å². The highest BCUT2D eigenvalue weighted by molar-refractivity contribution is 5.08. The van der Waals surface area contributed by atoms with Crippen LogP contribution in [0.3, 0.4) is 0 Å². The van der Waals surface area contributed by atoms with E-state index in [1.807, 2.05) is 0 Å². The SMILES string of the molecule is C1C[C@H]2C[C@@H]1C[C@@]21CO1. The number of rotatable bonds is 0. The summed E-state index contributed by atoms with van der Waals surface area (Å²) in [6.07, 6.45) is 5.85. The molecule has 2 saturated carbocycles. The van der Waals surface area contributed by atoms with E-state index in [1.165, 1.54) is 25.7 Å². The lowest BCUT2D eigenvalue weighted by molar-refractivity contribution is 0.218. The molecule has 9 heavy (non-hydrogen) atoms. The third-order valence-corrected chi connectivity index (χ3v) is 3.43. The van der Waals surface area contributed by atoms with E-state index in [-0.39, 0.29) is 0 Å². The second-order valence-electron chi connectivity index (χ2n) is 3.93. The van der Waals surface area contributed by atoms with Crippen LogP contribution in [0.5, 0.6) is 0 Å². The highest BCUT2D eigenvalue weighted by Gasteiger charge is 2.59. The first-order chi connectivity index (χ1) is 4.39. The lowest BCUT2D eigenvalue weighted by atomic mass is 9.89. The summed E-state index contributed by atoms with van der Waals surface area (Å²) in [6, 6.07) is 0. The Balaban J connectivity index is 1.96. The van der Waals surface area contributed by atoms with Crippen LogP contribution >= 0.6 is 0 Å². The zero-order valence-corrected chi connectivity index (χ0v) is 5.60. The summed E-state index contributed by atoms with van der Waals surface area (Å²) < 4.78 is 5.49. The van der Waals surface area contributed by atoms with E-state index in [9.17, 15) is 0 Å². The molecule has 0 N–H and O–H groups in total. The molecule has 2 bridgehead atoms. The molecule has 0 aromatic heterocycles. The zero-order valence-electron chi connectivity index (χ0n) is 5.60. The van der Waals surface area contributed by atoms with Crippen molar-refractivity contribution in [3.63, 3.8) is 0 Å². The van der Waals surface area contributed by atoms with E-state index in [0.29, 0.717) is 5.60 Å². The van der Waals surface area contributed by atoms with Crippen LogP contribution in [0.4, 0.5) is 0 Å².